The van der Waals surface area contributed by atoms with E-state index in [2.05, 4.69) is 10.4 Å². The SMILES string of the molecule is CC(NC(=O)c1nn(-c2ccccc2F)c(=O)cc1N)c1cccc(C(F)(F)CO)c1F. The first-order valence-corrected chi connectivity index (χ1v) is 9.30. The van der Waals surface area contributed by atoms with E-state index in [1.54, 1.807) is 0 Å². The number of aromatic nitrogens is 2. The van der Waals surface area contributed by atoms with Gasteiger partial charge in [0.1, 0.15) is 23.9 Å². The fourth-order valence-corrected chi connectivity index (χ4v) is 3.04. The molecule has 0 aliphatic rings. The fourth-order valence-electron chi connectivity index (χ4n) is 3.04. The number of hydrogen-bond donors (Lipinski definition) is 3. The van der Waals surface area contributed by atoms with Gasteiger partial charge in [-0.1, -0.05) is 24.3 Å². The van der Waals surface area contributed by atoms with Gasteiger partial charge in [0.05, 0.1) is 17.3 Å². The van der Waals surface area contributed by atoms with Gasteiger partial charge in [-0.25, -0.2) is 8.78 Å². The highest BCUT2D eigenvalue weighted by molar-refractivity contribution is 5.97. The number of alkyl halides is 2. The van der Waals surface area contributed by atoms with Crippen molar-refractivity contribution in [1.82, 2.24) is 15.1 Å². The average molecular weight is 450 g/mol. The van der Waals surface area contributed by atoms with Gasteiger partial charge < -0.3 is 16.2 Å². The van der Waals surface area contributed by atoms with Crippen molar-refractivity contribution in [2.24, 2.45) is 0 Å². The number of nitrogens with one attached hydrogen (secondary N) is 1. The van der Waals surface area contributed by atoms with E-state index in [1.165, 1.54) is 31.2 Å². The van der Waals surface area contributed by atoms with Gasteiger partial charge in [-0.2, -0.15) is 18.6 Å². The molecular weight excluding hydrogens is 432 g/mol. The van der Waals surface area contributed by atoms with Gasteiger partial charge in [0.25, 0.3) is 17.4 Å². The highest BCUT2D eigenvalue weighted by atomic mass is 19.3. The van der Waals surface area contributed by atoms with Crippen LogP contribution in [0.15, 0.2) is 53.3 Å². The summed E-state index contributed by atoms with van der Waals surface area (Å²) in [6.45, 7) is -0.258. The summed E-state index contributed by atoms with van der Waals surface area (Å²) in [5.41, 5.74) is 2.66. The minimum absolute atomic E-state index is 0.218. The molecular formula is C21H18F4N4O3. The molecule has 1 amide bonds. The number of aliphatic hydroxyl groups is 1. The van der Waals surface area contributed by atoms with Crippen LogP contribution < -0.4 is 16.6 Å². The lowest BCUT2D eigenvalue weighted by atomic mass is 10.00. The van der Waals surface area contributed by atoms with E-state index < -0.39 is 52.9 Å². The molecule has 32 heavy (non-hydrogen) atoms. The number of halogens is 4. The monoisotopic (exact) mass is 450 g/mol. The van der Waals surface area contributed by atoms with Gasteiger partial charge in [-0.3, -0.25) is 9.59 Å². The Morgan fingerprint density at radius 2 is 1.91 bits per heavy atom. The second-order valence-electron chi connectivity index (χ2n) is 6.92. The molecule has 0 aliphatic carbocycles. The molecule has 11 heteroatoms. The lowest BCUT2D eigenvalue weighted by Gasteiger charge is -2.20. The number of hydrogen-bond acceptors (Lipinski definition) is 5. The molecule has 4 N–H and O–H groups in total. The quantitative estimate of drug-likeness (QED) is 0.500. The predicted molar refractivity (Wildman–Crippen MR) is 107 cm³/mol. The van der Waals surface area contributed by atoms with Crippen molar-refractivity contribution in [2.45, 2.75) is 18.9 Å². The Labute approximate surface area is 179 Å². The number of nitrogens with two attached hydrogens (primary N) is 1. The molecule has 3 aromatic rings. The molecule has 1 aromatic heterocycles. The van der Waals surface area contributed by atoms with Crippen LogP contribution in [0.3, 0.4) is 0 Å². The number of carbonyl (C=O) groups excluding carboxylic acids is 1. The van der Waals surface area contributed by atoms with Gasteiger partial charge in [0.2, 0.25) is 0 Å². The predicted octanol–water partition coefficient (Wildman–Crippen LogP) is 2.67. The summed E-state index contributed by atoms with van der Waals surface area (Å²) in [6, 6.07) is 8.16. The number of carbonyl (C=O) groups is 1. The van der Waals surface area contributed by atoms with Crippen LogP contribution in [0, 0.1) is 11.6 Å². The Balaban J connectivity index is 1.95. The van der Waals surface area contributed by atoms with Gasteiger partial charge >= 0.3 is 0 Å². The molecule has 0 radical (unpaired) electrons. The van der Waals surface area contributed by atoms with Crippen LogP contribution in [0.5, 0.6) is 0 Å². The van der Waals surface area contributed by atoms with Gasteiger partial charge in [0, 0.05) is 11.6 Å². The Morgan fingerprint density at radius 3 is 2.56 bits per heavy atom. The molecule has 0 saturated carbocycles. The number of nitrogen functional groups attached to an aromatic ring is 1. The molecule has 168 valence electrons. The van der Waals surface area contributed by atoms with Crippen LogP contribution in [0.2, 0.25) is 0 Å². The lowest BCUT2D eigenvalue weighted by molar-refractivity contribution is -0.0584. The Hall–Kier alpha value is -3.73. The zero-order valence-corrected chi connectivity index (χ0v) is 16.7. The van der Waals surface area contributed by atoms with E-state index >= 15 is 0 Å². The van der Waals surface area contributed by atoms with Crippen molar-refractivity contribution in [3.8, 4) is 5.69 Å². The molecule has 0 fully saturated rings. The molecule has 0 bridgehead atoms. The van der Waals surface area contributed by atoms with Crippen molar-refractivity contribution >= 4 is 11.6 Å². The summed E-state index contributed by atoms with van der Waals surface area (Å²) in [5.74, 6) is -6.82. The standard InChI is InChI=1S/C21H18F4N4O3/c1-11(12-5-4-6-13(18(12)23)21(24,25)10-30)27-20(32)19-15(26)9-17(31)29(28-19)16-8-3-2-7-14(16)22/h2-9,11,30H,10,26H2,1H3,(H,27,32). The van der Waals surface area contributed by atoms with Crippen molar-refractivity contribution in [3.63, 3.8) is 0 Å². The van der Waals surface area contributed by atoms with E-state index in [4.69, 9.17) is 10.8 Å². The van der Waals surface area contributed by atoms with Crippen molar-refractivity contribution < 1.29 is 27.5 Å². The van der Waals surface area contributed by atoms with Crippen LogP contribution >= 0.6 is 0 Å². The molecule has 0 saturated heterocycles. The number of rotatable bonds is 6. The molecule has 0 spiro atoms. The molecule has 7 nitrogen and oxygen atoms in total. The highest BCUT2D eigenvalue weighted by Gasteiger charge is 2.35. The first-order valence-electron chi connectivity index (χ1n) is 9.30. The number of benzene rings is 2. The molecule has 1 unspecified atom stereocenters. The second kappa shape index (κ2) is 8.79. The summed E-state index contributed by atoms with van der Waals surface area (Å²) in [6.07, 6.45) is 0. The maximum atomic E-state index is 14.7. The summed E-state index contributed by atoms with van der Waals surface area (Å²) >= 11 is 0. The van der Waals surface area contributed by atoms with Gasteiger partial charge in [0.15, 0.2) is 5.69 Å². The lowest BCUT2D eigenvalue weighted by Crippen LogP contribution is -2.33. The molecule has 2 aromatic carbocycles. The first kappa shape index (κ1) is 22.9. The van der Waals surface area contributed by atoms with E-state index in [0.29, 0.717) is 4.68 Å². The number of aliphatic hydroxyl groups excluding tert-OH is 1. The maximum Gasteiger partial charge on any atom is 0.298 e. The topological polar surface area (TPSA) is 110 Å². The Morgan fingerprint density at radius 1 is 1.22 bits per heavy atom. The molecule has 1 atom stereocenters. The number of anilines is 1. The minimum atomic E-state index is -3.81. The largest absolute Gasteiger partial charge is 0.397 e. The third-order valence-corrected chi connectivity index (χ3v) is 4.69. The average Bonchev–Trinajstić information content (AvgIpc) is 2.74. The van der Waals surface area contributed by atoms with Crippen LogP contribution in [-0.2, 0) is 5.92 Å². The fraction of sp³-hybridized carbons (Fsp3) is 0.190. The summed E-state index contributed by atoms with van der Waals surface area (Å²) in [7, 11) is 0. The molecule has 0 aliphatic heterocycles. The second-order valence-corrected chi connectivity index (χ2v) is 6.92. The maximum absolute atomic E-state index is 14.7. The minimum Gasteiger partial charge on any atom is -0.397 e. The van der Waals surface area contributed by atoms with E-state index in [1.807, 2.05) is 0 Å². The number of amides is 1. The zero-order chi connectivity index (χ0) is 23.6. The van der Waals surface area contributed by atoms with Crippen LogP contribution in [0.4, 0.5) is 23.2 Å². The van der Waals surface area contributed by atoms with Gasteiger partial charge in [-0.05, 0) is 25.1 Å². The summed E-state index contributed by atoms with van der Waals surface area (Å²) < 4.78 is 56.9. The zero-order valence-electron chi connectivity index (χ0n) is 16.7. The van der Waals surface area contributed by atoms with Crippen molar-refractivity contribution in [1.29, 1.82) is 0 Å². The van der Waals surface area contributed by atoms with E-state index in [-0.39, 0.29) is 16.9 Å². The smallest absolute Gasteiger partial charge is 0.298 e. The van der Waals surface area contributed by atoms with Crippen LogP contribution in [0.1, 0.15) is 34.6 Å². The number of nitrogens with zero attached hydrogens (tertiary/aromatic N) is 2. The molecule has 3 rings (SSSR count). The Bertz CT molecular complexity index is 1230. The normalized spacial score (nSPS) is 12.4. The summed E-state index contributed by atoms with van der Waals surface area (Å²) in [4.78, 5) is 24.9. The highest BCUT2D eigenvalue weighted by Crippen LogP contribution is 2.32. The van der Waals surface area contributed by atoms with Crippen LogP contribution in [0.25, 0.3) is 5.69 Å². The number of para-hydroxylation sites is 1. The first-order chi connectivity index (χ1) is 15.1. The van der Waals surface area contributed by atoms with Crippen LogP contribution in [-0.4, -0.2) is 27.4 Å². The summed E-state index contributed by atoms with van der Waals surface area (Å²) in [5, 5.41) is 15.0. The third-order valence-electron chi connectivity index (χ3n) is 4.69. The van der Waals surface area contributed by atoms with Crippen molar-refractivity contribution in [3.05, 3.63) is 87.3 Å². The Kier molecular flexibility index (Phi) is 6.30. The molecule has 1 heterocycles. The van der Waals surface area contributed by atoms with E-state index in [9.17, 15) is 27.2 Å². The van der Waals surface area contributed by atoms with Gasteiger partial charge in [-0.15, -0.1) is 0 Å². The third kappa shape index (κ3) is 4.33. The van der Waals surface area contributed by atoms with Crippen molar-refractivity contribution in [2.75, 3.05) is 12.3 Å². The van der Waals surface area contributed by atoms with E-state index in [0.717, 1.165) is 24.3 Å².